The average molecular weight is 274 g/mol. The van der Waals surface area contributed by atoms with Gasteiger partial charge in [-0.25, -0.2) is 4.79 Å². The van der Waals surface area contributed by atoms with Crippen LogP contribution in [0.2, 0.25) is 0 Å². The molecule has 5 nitrogen and oxygen atoms in total. The Labute approximate surface area is 112 Å². The minimum absolute atomic E-state index is 0.0423. The van der Waals surface area contributed by atoms with Crippen molar-refractivity contribution in [3.05, 3.63) is 0 Å². The summed E-state index contributed by atoms with van der Waals surface area (Å²) in [5, 5.41) is 14.2. The lowest BCUT2D eigenvalue weighted by atomic mass is 10.0. The molecule has 0 saturated carbocycles. The third-order valence-electron chi connectivity index (χ3n) is 3.03. The maximum Gasteiger partial charge on any atom is 0.314 e. The van der Waals surface area contributed by atoms with E-state index in [4.69, 9.17) is 5.11 Å². The van der Waals surface area contributed by atoms with Crippen molar-refractivity contribution in [2.45, 2.75) is 26.2 Å². The van der Waals surface area contributed by atoms with Crippen LogP contribution in [0.5, 0.6) is 0 Å². The molecule has 1 saturated heterocycles. The van der Waals surface area contributed by atoms with E-state index in [1.54, 1.807) is 0 Å². The molecular formula is C12H22N2O3S. The van der Waals surface area contributed by atoms with E-state index in [1.807, 2.05) is 18.7 Å². The second-order valence-corrected chi connectivity index (χ2v) is 6.07. The highest BCUT2D eigenvalue weighted by Gasteiger charge is 2.15. The first-order chi connectivity index (χ1) is 8.58. The minimum atomic E-state index is -0.829. The summed E-state index contributed by atoms with van der Waals surface area (Å²) in [6.07, 6.45) is 2.42. The van der Waals surface area contributed by atoms with Crippen molar-refractivity contribution in [1.82, 2.24) is 10.6 Å². The smallest absolute Gasteiger partial charge is 0.314 e. The molecule has 0 radical (unpaired) electrons. The number of rotatable bonds is 6. The monoisotopic (exact) mass is 274 g/mol. The van der Waals surface area contributed by atoms with Gasteiger partial charge in [0.1, 0.15) is 0 Å². The Morgan fingerprint density at radius 2 is 2.00 bits per heavy atom. The summed E-state index contributed by atoms with van der Waals surface area (Å²) >= 11 is 1.97. The number of carboxylic acids is 1. The molecule has 1 heterocycles. The van der Waals surface area contributed by atoms with Gasteiger partial charge in [0, 0.05) is 19.5 Å². The summed E-state index contributed by atoms with van der Waals surface area (Å²) in [6.45, 7) is 2.94. The summed E-state index contributed by atoms with van der Waals surface area (Å²) < 4.78 is 0. The van der Waals surface area contributed by atoms with Gasteiger partial charge in [0.15, 0.2) is 0 Å². The van der Waals surface area contributed by atoms with Crippen molar-refractivity contribution in [2.75, 3.05) is 24.6 Å². The van der Waals surface area contributed by atoms with Gasteiger partial charge in [0.2, 0.25) is 0 Å². The molecule has 0 bridgehead atoms. The van der Waals surface area contributed by atoms with E-state index >= 15 is 0 Å². The van der Waals surface area contributed by atoms with Crippen LogP contribution >= 0.6 is 11.8 Å². The standard InChI is InChI=1S/C12H22N2O3S/c1-9(6-11(15)16)7-13-12(17)14-8-10-2-4-18-5-3-10/h9-10H,2-8H2,1H3,(H,15,16)(H2,13,14,17). The fourth-order valence-electron chi connectivity index (χ4n) is 1.89. The number of hydrogen-bond acceptors (Lipinski definition) is 3. The molecule has 6 heteroatoms. The molecule has 0 aromatic heterocycles. The number of urea groups is 1. The van der Waals surface area contributed by atoms with Crippen LogP contribution in [0.1, 0.15) is 26.2 Å². The predicted octanol–water partition coefficient (Wildman–Crippen LogP) is 1.54. The summed E-state index contributed by atoms with van der Waals surface area (Å²) in [7, 11) is 0. The zero-order chi connectivity index (χ0) is 13.4. The summed E-state index contributed by atoms with van der Waals surface area (Å²) in [4.78, 5) is 22.0. The Morgan fingerprint density at radius 3 is 2.61 bits per heavy atom. The first kappa shape index (κ1) is 15.1. The van der Waals surface area contributed by atoms with E-state index in [9.17, 15) is 9.59 Å². The lowest BCUT2D eigenvalue weighted by molar-refractivity contribution is -0.137. The van der Waals surface area contributed by atoms with Crippen molar-refractivity contribution in [3.63, 3.8) is 0 Å². The molecule has 2 amide bonds. The molecule has 1 aliphatic heterocycles. The Kier molecular flexibility index (Phi) is 6.93. The van der Waals surface area contributed by atoms with Crippen LogP contribution in [0.4, 0.5) is 4.79 Å². The number of carboxylic acid groups (broad SMARTS) is 1. The summed E-state index contributed by atoms with van der Waals surface area (Å²) in [5.74, 6) is 2.09. The first-order valence-corrected chi connectivity index (χ1v) is 7.54. The van der Waals surface area contributed by atoms with Gasteiger partial charge in [-0.2, -0.15) is 11.8 Å². The second-order valence-electron chi connectivity index (χ2n) is 4.85. The predicted molar refractivity (Wildman–Crippen MR) is 72.9 cm³/mol. The zero-order valence-corrected chi connectivity index (χ0v) is 11.6. The number of thioether (sulfide) groups is 1. The number of aliphatic carboxylic acids is 1. The highest BCUT2D eigenvalue weighted by atomic mass is 32.2. The van der Waals surface area contributed by atoms with Crippen LogP contribution in [0.3, 0.4) is 0 Å². The van der Waals surface area contributed by atoms with Crippen LogP contribution in [0, 0.1) is 11.8 Å². The fraction of sp³-hybridized carbons (Fsp3) is 0.833. The molecule has 0 aliphatic carbocycles. The van der Waals surface area contributed by atoms with Crippen LogP contribution < -0.4 is 10.6 Å². The molecule has 0 aromatic rings. The van der Waals surface area contributed by atoms with Crippen molar-refractivity contribution >= 4 is 23.8 Å². The molecule has 1 atom stereocenters. The number of amides is 2. The Morgan fingerprint density at radius 1 is 1.33 bits per heavy atom. The lowest BCUT2D eigenvalue weighted by Gasteiger charge is -2.21. The van der Waals surface area contributed by atoms with Gasteiger partial charge >= 0.3 is 12.0 Å². The van der Waals surface area contributed by atoms with Gasteiger partial charge in [0.05, 0.1) is 0 Å². The molecular weight excluding hydrogens is 252 g/mol. The summed E-state index contributed by atoms with van der Waals surface area (Å²) in [6, 6.07) is -0.189. The molecule has 1 aliphatic rings. The fourth-order valence-corrected chi connectivity index (χ4v) is 3.09. The van der Waals surface area contributed by atoms with Crippen molar-refractivity contribution < 1.29 is 14.7 Å². The van der Waals surface area contributed by atoms with Crippen LogP contribution in [0.25, 0.3) is 0 Å². The van der Waals surface area contributed by atoms with Crippen LogP contribution in [-0.2, 0) is 4.79 Å². The second kappa shape index (κ2) is 8.24. The van der Waals surface area contributed by atoms with Crippen molar-refractivity contribution in [1.29, 1.82) is 0 Å². The third-order valence-corrected chi connectivity index (χ3v) is 4.08. The van der Waals surface area contributed by atoms with E-state index in [2.05, 4.69) is 10.6 Å². The number of nitrogens with one attached hydrogen (secondary N) is 2. The van der Waals surface area contributed by atoms with E-state index in [0.717, 1.165) is 6.54 Å². The topological polar surface area (TPSA) is 78.4 Å². The molecule has 3 N–H and O–H groups in total. The number of carbonyl (C=O) groups excluding carboxylic acids is 1. The van der Waals surface area contributed by atoms with Gasteiger partial charge in [-0.05, 0) is 36.2 Å². The zero-order valence-electron chi connectivity index (χ0n) is 10.8. The van der Waals surface area contributed by atoms with Crippen LogP contribution in [0.15, 0.2) is 0 Å². The molecule has 104 valence electrons. The molecule has 1 fully saturated rings. The first-order valence-electron chi connectivity index (χ1n) is 6.39. The van der Waals surface area contributed by atoms with E-state index in [0.29, 0.717) is 12.5 Å². The maximum atomic E-state index is 11.5. The molecule has 0 aromatic carbocycles. The average Bonchev–Trinajstić information content (AvgIpc) is 2.34. The van der Waals surface area contributed by atoms with E-state index in [-0.39, 0.29) is 18.4 Å². The van der Waals surface area contributed by atoms with Gasteiger partial charge in [-0.1, -0.05) is 6.92 Å². The molecule has 18 heavy (non-hydrogen) atoms. The Hall–Kier alpha value is -0.910. The SMILES string of the molecule is CC(CNC(=O)NCC1CCSCC1)CC(=O)O. The third kappa shape index (κ3) is 6.74. The van der Waals surface area contributed by atoms with Crippen LogP contribution in [-0.4, -0.2) is 41.7 Å². The van der Waals surface area contributed by atoms with E-state index < -0.39 is 5.97 Å². The van der Waals surface area contributed by atoms with Gasteiger partial charge < -0.3 is 15.7 Å². The van der Waals surface area contributed by atoms with Gasteiger partial charge in [0.25, 0.3) is 0 Å². The van der Waals surface area contributed by atoms with Gasteiger partial charge in [-0.3, -0.25) is 4.79 Å². The van der Waals surface area contributed by atoms with E-state index in [1.165, 1.54) is 24.3 Å². The van der Waals surface area contributed by atoms with Crippen molar-refractivity contribution in [3.8, 4) is 0 Å². The quantitative estimate of drug-likeness (QED) is 0.686. The van der Waals surface area contributed by atoms with Gasteiger partial charge in [-0.15, -0.1) is 0 Å². The Bertz CT molecular complexity index is 280. The molecule has 1 rings (SSSR count). The maximum absolute atomic E-state index is 11.5. The number of carbonyl (C=O) groups is 2. The largest absolute Gasteiger partial charge is 0.481 e. The van der Waals surface area contributed by atoms with Crippen molar-refractivity contribution in [2.24, 2.45) is 11.8 Å². The lowest BCUT2D eigenvalue weighted by Crippen LogP contribution is -2.40. The highest BCUT2D eigenvalue weighted by molar-refractivity contribution is 7.99. The Balaban J connectivity index is 2.07. The summed E-state index contributed by atoms with van der Waals surface area (Å²) in [5.41, 5.74) is 0. The normalized spacial score (nSPS) is 18.1. The minimum Gasteiger partial charge on any atom is -0.481 e. The molecule has 0 spiro atoms. The molecule has 1 unspecified atom stereocenters. The highest BCUT2D eigenvalue weighted by Crippen LogP contribution is 2.21. The number of hydrogen-bond donors (Lipinski definition) is 3.